The number of benzene rings is 2. The maximum Gasteiger partial charge on any atom is 0.304 e. The summed E-state index contributed by atoms with van der Waals surface area (Å²) in [5.41, 5.74) is 0.423. The molecule has 0 bridgehead atoms. The molecule has 2 aromatic rings. The van der Waals surface area contributed by atoms with E-state index >= 15 is 0 Å². The van der Waals surface area contributed by atoms with Crippen molar-refractivity contribution in [1.29, 1.82) is 0 Å². The Labute approximate surface area is 125 Å². The van der Waals surface area contributed by atoms with E-state index in [1.54, 1.807) is 0 Å². The van der Waals surface area contributed by atoms with Gasteiger partial charge in [0.05, 0.1) is 11.5 Å². The third-order valence-corrected chi connectivity index (χ3v) is 2.77. The third-order valence-electron chi connectivity index (χ3n) is 2.77. The smallest absolute Gasteiger partial charge is 0.304 e. The summed E-state index contributed by atoms with van der Waals surface area (Å²) in [6.07, 6.45) is 0. The number of amides is 1. The van der Waals surface area contributed by atoms with Crippen LogP contribution >= 0.6 is 0 Å². The fraction of sp³-hybridized carbons (Fsp3) is 0.133. The lowest BCUT2D eigenvalue weighted by Gasteiger charge is -2.06. The van der Waals surface area contributed by atoms with Crippen molar-refractivity contribution in [3.8, 4) is 0 Å². The molecular weight excluding hydrogens is 291 g/mol. The lowest BCUT2D eigenvalue weighted by molar-refractivity contribution is -0.387. The summed E-state index contributed by atoms with van der Waals surface area (Å²) < 4.78 is 18.6. The molecule has 0 radical (unpaired) electrons. The van der Waals surface area contributed by atoms with E-state index in [1.165, 1.54) is 6.07 Å². The highest BCUT2D eigenvalue weighted by atomic mass is 19.1. The van der Waals surface area contributed by atoms with Gasteiger partial charge in [-0.25, -0.2) is 0 Å². The first-order valence-electron chi connectivity index (χ1n) is 6.42. The van der Waals surface area contributed by atoms with Crippen LogP contribution in [0, 0.1) is 15.9 Å². The number of carbonyl (C=O) groups is 1. The maximum atomic E-state index is 13.4. The van der Waals surface area contributed by atoms with Crippen molar-refractivity contribution in [3.05, 3.63) is 70.0 Å². The first-order valence-corrected chi connectivity index (χ1v) is 6.42. The first-order chi connectivity index (χ1) is 10.6. The van der Waals surface area contributed by atoms with Crippen LogP contribution in [0.25, 0.3) is 0 Å². The second kappa shape index (κ2) is 7.28. The molecule has 0 unspecified atom stereocenters. The molecule has 6 nitrogen and oxygen atoms in total. The van der Waals surface area contributed by atoms with Crippen molar-refractivity contribution in [1.82, 2.24) is 0 Å². The van der Waals surface area contributed by atoms with E-state index < -0.39 is 22.3 Å². The number of nitrogens with one attached hydrogen (secondary N) is 1. The van der Waals surface area contributed by atoms with Crippen LogP contribution in [0.4, 0.5) is 15.8 Å². The van der Waals surface area contributed by atoms with Gasteiger partial charge in [-0.05, 0) is 11.6 Å². The van der Waals surface area contributed by atoms with Crippen molar-refractivity contribution in [2.45, 2.75) is 6.61 Å². The fourth-order valence-electron chi connectivity index (χ4n) is 1.77. The van der Waals surface area contributed by atoms with Crippen molar-refractivity contribution in [3.63, 3.8) is 0 Å². The van der Waals surface area contributed by atoms with Crippen LogP contribution in [0.1, 0.15) is 5.56 Å². The summed E-state index contributed by atoms with van der Waals surface area (Å²) in [5, 5.41) is 12.9. The minimum atomic E-state index is -1.01. The molecule has 22 heavy (non-hydrogen) atoms. The number of hydrogen-bond donors (Lipinski definition) is 1. The van der Waals surface area contributed by atoms with Crippen LogP contribution in [-0.4, -0.2) is 17.4 Å². The second-order valence-electron chi connectivity index (χ2n) is 4.45. The van der Waals surface area contributed by atoms with Crippen LogP contribution in [-0.2, 0) is 16.1 Å². The van der Waals surface area contributed by atoms with Gasteiger partial charge in [-0.15, -0.1) is 0 Å². The Morgan fingerprint density at radius 3 is 2.59 bits per heavy atom. The molecule has 0 saturated heterocycles. The molecule has 0 saturated carbocycles. The fourth-order valence-corrected chi connectivity index (χ4v) is 1.77. The van der Waals surface area contributed by atoms with Gasteiger partial charge < -0.3 is 10.1 Å². The van der Waals surface area contributed by atoms with E-state index in [0.717, 1.165) is 17.7 Å². The molecule has 2 aromatic carbocycles. The standard InChI is InChI=1S/C15H13FN2O4/c16-13-8-12(6-7-14(13)18(20)21)17-15(19)10-22-9-11-4-2-1-3-5-11/h1-8H,9-10H2,(H,17,19). The molecule has 0 aliphatic carbocycles. The number of nitrogens with zero attached hydrogens (tertiary/aromatic N) is 1. The molecule has 1 N–H and O–H groups in total. The largest absolute Gasteiger partial charge is 0.367 e. The molecule has 114 valence electrons. The van der Waals surface area contributed by atoms with E-state index in [1.807, 2.05) is 30.3 Å². The maximum absolute atomic E-state index is 13.4. The summed E-state index contributed by atoms with van der Waals surface area (Å²) in [5.74, 6) is -1.47. The number of ether oxygens (including phenoxy) is 1. The molecule has 0 heterocycles. The quantitative estimate of drug-likeness (QED) is 0.657. The van der Waals surface area contributed by atoms with Gasteiger partial charge in [0.25, 0.3) is 0 Å². The van der Waals surface area contributed by atoms with Gasteiger partial charge in [0.15, 0.2) is 0 Å². The van der Waals surface area contributed by atoms with Crippen LogP contribution in [0.5, 0.6) is 0 Å². The summed E-state index contributed by atoms with van der Waals surface area (Å²) in [4.78, 5) is 21.3. The molecule has 0 spiro atoms. The third kappa shape index (κ3) is 4.35. The van der Waals surface area contributed by atoms with E-state index in [9.17, 15) is 19.3 Å². The van der Waals surface area contributed by atoms with Crippen molar-refractivity contribution < 1.29 is 18.8 Å². The van der Waals surface area contributed by atoms with Gasteiger partial charge in [0, 0.05) is 17.8 Å². The normalized spacial score (nSPS) is 10.2. The highest BCUT2D eigenvalue weighted by Crippen LogP contribution is 2.20. The van der Waals surface area contributed by atoms with Gasteiger partial charge in [-0.3, -0.25) is 14.9 Å². The van der Waals surface area contributed by atoms with Gasteiger partial charge in [0.1, 0.15) is 6.61 Å². The zero-order chi connectivity index (χ0) is 15.9. The Hall–Kier alpha value is -2.80. The van der Waals surface area contributed by atoms with Crippen molar-refractivity contribution in [2.24, 2.45) is 0 Å². The van der Waals surface area contributed by atoms with Gasteiger partial charge in [-0.1, -0.05) is 30.3 Å². The molecule has 0 aromatic heterocycles. The summed E-state index contributed by atoms with van der Waals surface area (Å²) in [7, 11) is 0. The van der Waals surface area contributed by atoms with Gasteiger partial charge in [-0.2, -0.15) is 4.39 Å². The van der Waals surface area contributed by atoms with Crippen molar-refractivity contribution >= 4 is 17.3 Å². The predicted octanol–water partition coefficient (Wildman–Crippen LogP) is 2.89. The highest BCUT2D eigenvalue weighted by Gasteiger charge is 2.14. The molecule has 7 heteroatoms. The van der Waals surface area contributed by atoms with Crippen molar-refractivity contribution in [2.75, 3.05) is 11.9 Å². The van der Waals surface area contributed by atoms with Gasteiger partial charge in [0.2, 0.25) is 11.7 Å². The van der Waals surface area contributed by atoms with E-state index in [2.05, 4.69) is 5.32 Å². The number of nitro benzene ring substituents is 1. The van der Waals surface area contributed by atoms with E-state index in [4.69, 9.17) is 4.74 Å². The summed E-state index contributed by atoms with van der Waals surface area (Å²) in [6.45, 7) is 0.0797. The monoisotopic (exact) mass is 304 g/mol. The molecular formula is C15H13FN2O4. The lowest BCUT2D eigenvalue weighted by atomic mass is 10.2. The lowest BCUT2D eigenvalue weighted by Crippen LogP contribution is -2.18. The molecule has 0 aliphatic rings. The zero-order valence-electron chi connectivity index (χ0n) is 11.5. The van der Waals surface area contributed by atoms with Crippen LogP contribution < -0.4 is 5.32 Å². The Kier molecular flexibility index (Phi) is 5.16. The first kappa shape index (κ1) is 15.6. The molecule has 2 rings (SSSR count). The SMILES string of the molecule is O=C(COCc1ccccc1)Nc1ccc([N+](=O)[O-])c(F)c1. The van der Waals surface area contributed by atoms with Crippen LogP contribution in [0.15, 0.2) is 48.5 Å². The average molecular weight is 304 g/mol. The minimum Gasteiger partial charge on any atom is -0.367 e. The molecule has 0 atom stereocenters. The molecule has 0 aliphatic heterocycles. The van der Waals surface area contributed by atoms with Crippen LogP contribution in [0.3, 0.4) is 0 Å². The number of hydrogen-bond acceptors (Lipinski definition) is 4. The zero-order valence-corrected chi connectivity index (χ0v) is 11.5. The van der Waals surface area contributed by atoms with Crippen LogP contribution in [0.2, 0.25) is 0 Å². The molecule has 1 amide bonds. The Morgan fingerprint density at radius 2 is 1.95 bits per heavy atom. The number of nitro groups is 1. The summed E-state index contributed by atoms with van der Waals surface area (Å²) in [6, 6.07) is 12.5. The Morgan fingerprint density at radius 1 is 1.23 bits per heavy atom. The molecule has 0 fully saturated rings. The topological polar surface area (TPSA) is 81.5 Å². The van der Waals surface area contributed by atoms with E-state index in [-0.39, 0.29) is 18.9 Å². The Bertz CT molecular complexity index is 676. The highest BCUT2D eigenvalue weighted by molar-refractivity contribution is 5.91. The minimum absolute atomic E-state index is 0.136. The summed E-state index contributed by atoms with van der Waals surface area (Å²) >= 11 is 0. The van der Waals surface area contributed by atoms with E-state index in [0.29, 0.717) is 0 Å². The second-order valence-corrected chi connectivity index (χ2v) is 4.45. The average Bonchev–Trinajstić information content (AvgIpc) is 2.48. The number of carbonyl (C=O) groups excluding carboxylic acids is 1. The number of anilines is 1. The number of rotatable bonds is 6. The number of halogens is 1. The van der Waals surface area contributed by atoms with Gasteiger partial charge >= 0.3 is 5.69 Å². The predicted molar refractivity (Wildman–Crippen MR) is 77.8 cm³/mol. The Balaban J connectivity index is 1.84.